The van der Waals surface area contributed by atoms with Crippen LogP contribution < -0.4 is 4.74 Å². The second-order valence-electron chi connectivity index (χ2n) is 4.56. The van der Waals surface area contributed by atoms with Crippen molar-refractivity contribution in [2.45, 2.75) is 20.5 Å². The SMILES string of the molecule is Cc1sc2ncnc(OCc3ccc(Br)cc3)c2c1C. The van der Waals surface area contributed by atoms with Gasteiger partial charge < -0.3 is 4.74 Å². The highest BCUT2D eigenvalue weighted by Crippen LogP contribution is 2.33. The first-order chi connectivity index (χ1) is 9.65. The average molecular weight is 349 g/mol. The largest absolute Gasteiger partial charge is 0.472 e. The van der Waals surface area contributed by atoms with E-state index in [9.17, 15) is 0 Å². The quantitative estimate of drug-likeness (QED) is 0.690. The minimum absolute atomic E-state index is 0.508. The molecule has 20 heavy (non-hydrogen) atoms. The molecule has 2 aromatic heterocycles. The van der Waals surface area contributed by atoms with Crippen molar-refractivity contribution in [2.75, 3.05) is 0 Å². The molecule has 102 valence electrons. The highest BCUT2D eigenvalue weighted by molar-refractivity contribution is 9.10. The molecule has 0 fully saturated rings. The van der Waals surface area contributed by atoms with Crippen LogP contribution in [0.5, 0.6) is 5.88 Å². The first kappa shape index (κ1) is 13.5. The minimum atomic E-state index is 0.508. The fourth-order valence-electron chi connectivity index (χ4n) is 1.99. The smallest absolute Gasteiger partial charge is 0.225 e. The van der Waals surface area contributed by atoms with Crippen molar-refractivity contribution < 1.29 is 4.74 Å². The predicted octanol–water partition coefficient (Wildman–Crippen LogP) is 4.65. The summed E-state index contributed by atoms with van der Waals surface area (Å²) in [6.07, 6.45) is 1.56. The number of hydrogen-bond acceptors (Lipinski definition) is 4. The molecule has 0 aliphatic heterocycles. The van der Waals surface area contributed by atoms with Gasteiger partial charge in [0.1, 0.15) is 17.8 Å². The van der Waals surface area contributed by atoms with Gasteiger partial charge in [-0.3, -0.25) is 0 Å². The van der Waals surface area contributed by atoms with Crippen molar-refractivity contribution >= 4 is 37.5 Å². The maximum Gasteiger partial charge on any atom is 0.225 e. The standard InChI is InChI=1S/C15H13BrN2OS/c1-9-10(2)20-15-13(9)14(17-8-18-15)19-7-11-3-5-12(16)6-4-11/h3-6,8H,7H2,1-2H3. The summed E-state index contributed by atoms with van der Waals surface area (Å²) in [6.45, 7) is 4.69. The van der Waals surface area contributed by atoms with E-state index in [1.807, 2.05) is 24.3 Å². The van der Waals surface area contributed by atoms with Crippen LogP contribution in [0.25, 0.3) is 10.2 Å². The van der Waals surface area contributed by atoms with E-state index < -0.39 is 0 Å². The van der Waals surface area contributed by atoms with Crippen LogP contribution >= 0.6 is 27.3 Å². The molecule has 1 aromatic carbocycles. The van der Waals surface area contributed by atoms with E-state index >= 15 is 0 Å². The fourth-order valence-corrected chi connectivity index (χ4v) is 3.24. The van der Waals surface area contributed by atoms with Crippen LogP contribution in [0.3, 0.4) is 0 Å². The van der Waals surface area contributed by atoms with Crippen molar-refractivity contribution in [3.05, 3.63) is 51.1 Å². The van der Waals surface area contributed by atoms with Crippen LogP contribution in [0.2, 0.25) is 0 Å². The zero-order valence-corrected chi connectivity index (χ0v) is 13.6. The summed E-state index contributed by atoms with van der Waals surface area (Å²) in [5.41, 5.74) is 2.32. The van der Waals surface area contributed by atoms with Crippen molar-refractivity contribution in [3.63, 3.8) is 0 Å². The number of aryl methyl sites for hydroxylation is 2. The molecule has 3 aromatic rings. The average Bonchev–Trinajstić information content (AvgIpc) is 2.74. The summed E-state index contributed by atoms with van der Waals surface area (Å²) in [7, 11) is 0. The number of benzene rings is 1. The van der Waals surface area contributed by atoms with Crippen molar-refractivity contribution in [2.24, 2.45) is 0 Å². The molecule has 0 radical (unpaired) electrons. The Kier molecular flexibility index (Phi) is 3.72. The molecular weight excluding hydrogens is 336 g/mol. The van der Waals surface area contributed by atoms with Crippen LogP contribution in [-0.2, 0) is 6.61 Å². The van der Waals surface area contributed by atoms with Gasteiger partial charge in [-0.1, -0.05) is 28.1 Å². The third-order valence-electron chi connectivity index (χ3n) is 3.22. The Balaban J connectivity index is 1.89. The lowest BCUT2D eigenvalue weighted by Gasteiger charge is -2.07. The molecule has 5 heteroatoms. The monoisotopic (exact) mass is 348 g/mol. The number of rotatable bonds is 3. The van der Waals surface area contributed by atoms with Gasteiger partial charge in [-0.25, -0.2) is 9.97 Å². The first-order valence-electron chi connectivity index (χ1n) is 6.23. The van der Waals surface area contributed by atoms with E-state index in [4.69, 9.17) is 4.74 Å². The molecule has 3 nitrogen and oxygen atoms in total. The third kappa shape index (κ3) is 2.55. The molecule has 0 N–H and O–H groups in total. The van der Waals surface area contributed by atoms with Crippen LogP contribution in [0, 0.1) is 13.8 Å². The summed E-state index contributed by atoms with van der Waals surface area (Å²) in [6, 6.07) is 8.09. The Morgan fingerprint density at radius 3 is 2.65 bits per heavy atom. The summed E-state index contributed by atoms with van der Waals surface area (Å²) in [4.78, 5) is 10.8. The van der Waals surface area contributed by atoms with Crippen LogP contribution in [0.1, 0.15) is 16.0 Å². The highest BCUT2D eigenvalue weighted by atomic mass is 79.9. The Labute approximate surface area is 129 Å². The summed E-state index contributed by atoms with van der Waals surface area (Å²) >= 11 is 5.11. The zero-order chi connectivity index (χ0) is 14.1. The number of thiophene rings is 1. The molecule has 0 atom stereocenters. The minimum Gasteiger partial charge on any atom is -0.472 e. The van der Waals surface area contributed by atoms with Crippen molar-refractivity contribution in [3.8, 4) is 5.88 Å². The van der Waals surface area contributed by atoms with E-state index in [2.05, 4.69) is 39.7 Å². The molecule has 0 saturated carbocycles. The van der Waals surface area contributed by atoms with E-state index in [0.717, 1.165) is 20.3 Å². The van der Waals surface area contributed by atoms with Crippen molar-refractivity contribution in [1.82, 2.24) is 9.97 Å². The lowest BCUT2D eigenvalue weighted by atomic mass is 10.2. The number of aromatic nitrogens is 2. The number of halogens is 1. The maximum absolute atomic E-state index is 5.88. The molecule has 0 amide bonds. The number of nitrogens with zero attached hydrogens (tertiary/aromatic N) is 2. The van der Waals surface area contributed by atoms with Gasteiger partial charge in [0, 0.05) is 9.35 Å². The Hall–Kier alpha value is -1.46. The Morgan fingerprint density at radius 2 is 1.90 bits per heavy atom. The second-order valence-corrected chi connectivity index (χ2v) is 6.68. The molecule has 3 rings (SSSR count). The molecule has 0 bridgehead atoms. The Morgan fingerprint density at radius 1 is 1.15 bits per heavy atom. The zero-order valence-electron chi connectivity index (χ0n) is 11.2. The van der Waals surface area contributed by atoms with Gasteiger partial charge in [0.2, 0.25) is 5.88 Å². The predicted molar refractivity (Wildman–Crippen MR) is 85.4 cm³/mol. The van der Waals surface area contributed by atoms with Gasteiger partial charge in [-0.2, -0.15) is 0 Å². The Bertz CT molecular complexity index is 752. The summed E-state index contributed by atoms with van der Waals surface area (Å²) < 4.78 is 6.94. The van der Waals surface area contributed by atoms with E-state index in [0.29, 0.717) is 12.5 Å². The van der Waals surface area contributed by atoms with Crippen molar-refractivity contribution in [1.29, 1.82) is 0 Å². The van der Waals surface area contributed by atoms with Gasteiger partial charge in [-0.15, -0.1) is 11.3 Å². The normalized spacial score (nSPS) is 10.9. The topological polar surface area (TPSA) is 35.0 Å². The van der Waals surface area contributed by atoms with Crippen LogP contribution in [0.4, 0.5) is 0 Å². The molecule has 0 aliphatic carbocycles. The summed E-state index contributed by atoms with van der Waals surface area (Å²) in [5, 5.41) is 1.03. The van der Waals surface area contributed by atoms with Crippen LogP contribution in [0.15, 0.2) is 35.1 Å². The molecular formula is C15H13BrN2OS. The van der Waals surface area contributed by atoms with E-state index in [1.165, 1.54) is 10.4 Å². The lowest BCUT2D eigenvalue weighted by molar-refractivity contribution is 0.297. The number of hydrogen-bond donors (Lipinski definition) is 0. The van der Waals surface area contributed by atoms with Crippen LogP contribution in [-0.4, -0.2) is 9.97 Å². The lowest BCUT2D eigenvalue weighted by Crippen LogP contribution is -1.98. The second kappa shape index (κ2) is 5.50. The molecule has 0 saturated heterocycles. The van der Waals surface area contributed by atoms with E-state index in [-0.39, 0.29) is 0 Å². The molecule has 2 heterocycles. The maximum atomic E-state index is 5.88. The number of fused-ring (bicyclic) bond motifs is 1. The van der Waals surface area contributed by atoms with Gasteiger partial charge in [0.05, 0.1) is 5.39 Å². The number of ether oxygens (including phenoxy) is 1. The van der Waals surface area contributed by atoms with Gasteiger partial charge in [-0.05, 0) is 37.1 Å². The van der Waals surface area contributed by atoms with Gasteiger partial charge in [0.25, 0.3) is 0 Å². The third-order valence-corrected chi connectivity index (χ3v) is 4.86. The van der Waals surface area contributed by atoms with Gasteiger partial charge in [0.15, 0.2) is 0 Å². The highest BCUT2D eigenvalue weighted by Gasteiger charge is 2.12. The molecule has 0 unspecified atom stereocenters. The fraction of sp³-hybridized carbons (Fsp3) is 0.200. The first-order valence-corrected chi connectivity index (χ1v) is 7.84. The van der Waals surface area contributed by atoms with Gasteiger partial charge >= 0.3 is 0 Å². The van der Waals surface area contributed by atoms with E-state index in [1.54, 1.807) is 17.7 Å². The molecule has 0 spiro atoms. The molecule has 0 aliphatic rings. The summed E-state index contributed by atoms with van der Waals surface area (Å²) in [5.74, 6) is 0.666.